The molecule has 0 amide bonds. The Morgan fingerprint density at radius 1 is 1.30 bits per heavy atom. The number of pyridine rings is 1. The molecule has 1 unspecified atom stereocenters. The van der Waals surface area contributed by atoms with Crippen LogP contribution in [0.3, 0.4) is 0 Å². The Hall–Kier alpha value is -1.09. The Kier molecular flexibility index (Phi) is 11.7. The molecule has 1 saturated heterocycles. The summed E-state index contributed by atoms with van der Waals surface area (Å²) in [6.07, 6.45) is 5.69. The molecule has 154 valence electrons. The average molecular weight is 489 g/mol. The van der Waals surface area contributed by atoms with E-state index in [1.54, 1.807) is 7.05 Å². The molecule has 2 N–H and O–H groups in total. The molecule has 6 nitrogen and oxygen atoms in total. The Morgan fingerprint density at radius 2 is 2.04 bits per heavy atom. The molecule has 0 radical (unpaired) electrons. The zero-order valence-electron chi connectivity index (χ0n) is 17.2. The van der Waals surface area contributed by atoms with Gasteiger partial charge >= 0.3 is 0 Å². The highest BCUT2D eigenvalue weighted by Gasteiger charge is 2.14. The van der Waals surface area contributed by atoms with E-state index >= 15 is 0 Å². The van der Waals surface area contributed by atoms with E-state index in [1.165, 1.54) is 18.4 Å². The maximum absolute atomic E-state index is 5.80. The molecule has 1 aliphatic rings. The predicted molar refractivity (Wildman–Crippen MR) is 124 cm³/mol. The lowest BCUT2D eigenvalue weighted by Crippen LogP contribution is -2.39. The number of nitrogens with one attached hydrogen (secondary N) is 2. The van der Waals surface area contributed by atoms with Gasteiger partial charge in [0.05, 0.1) is 6.10 Å². The largest absolute Gasteiger partial charge is 0.378 e. The zero-order chi connectivity index (χ0) is 18.8. The van der Waals surface area contributed by atoms with Crippen molar-refractivity contribution in [3.8, 4) is 0 Å². The number of hydrogen-bond donors (Lipinski definition) is 2. The molecule has 0 spiro atoms. The van der Waals surface area contributed by atoms with Crippen molar-refractivity contribution in [2.75, 3.05) is 38.2 Å². The molecule has 1 aliphatic heterocycles. The van der Waals surface area contributed by atoms with Crippen LogP contribution in [0.1, 0.15) is 45.6 Å². The maximum atomic E-state index is 5.80. The highest BCUT2D eigenvalue weighted by molar-refractivity contribution is 14.0. The third kappa shape index (κ3) is 8.21. The molecular weight excluding hydrogens is 453 g/mol. The minimum Gasteiger partial charge on any atom is -0.378 e. The highest BCUT2D eigenvalue weighted by atomic mass is 127. The van der Waals surface area contributed by atoms with Gasteiger partial charge in [-0.1, -0.05) is 13.8 Å². The molecule has 0 bridgehead atoms. The predicted octanol–water partition coefficient (Wildman–Crippen LogP) is 3.42. The smallest absolute Gasteiger partial charge is 0.191 e. The van der Waals surface area contributed by atoms with Crippen molar-refractivity contribution in [3.05, 3.63) is 23.9 Å². The Morgan fingerprint density at radius 3 is 2.67 bits per heavy atom. The fourth-order valence-corrected chi connectivity index (χ4v) is 3.25. The van der Waals surface area contributed by atoms with Crippen molar-refractivity contribution >= 4 is 35.8 Å². The number of ether oxygens (including phenoxy) is 1. The van der Waals surface area contributed by atoms with Gasteiger partial charge in [0.15, 0.2) is 5.96 Å². The van der Waals surface area contributed by atoms with E-state index in [1.807, 2.05) is 6.20 Å². The summed E-state index contributed by atoms with van der Waals surface area (Å²) in [5.41, 5.74) is 1.22. The van der Waals surface area contributed by atoms with Gasteiger partial charge in [-0.25, -0.2) is 4.98 Å². The molecule has 1 aromatic heterocycles. The topological polar surface area (TPSA) is 61.8 Å². The van der Waals surface area contributed by atoms with Crippen LogP contribution in [0.4, 0.5) is 5.82 Å². The number of guanidine groups is 1. The molecule has 1 aromatic rings. The molecule has 0 aliphatic carbocycles. The van der Waals surface area contributed by atoms with E-state index < -0.39 is 0 Å². The van der Waals surface area contributed by atoms with Crippen LogP contribution in [-0.2, 0) is 11.3 Å². The first-order valence-corrected chi connectivity index (χ1v) is 9.90. The molecule has 1 fully saturated rings. The standard InChI is InChI=1S/C20H35N5O.HI/c1-5-26-18(16(2)3)9-11-23-20(21-4)24-15-17-8-10-22-19(14-17)25-12-6-7-13-25;/h8,10,14,16,18H,5-7,9,11-13,15H2,1-4H3,(H2,21,23,24);1H. The summed E-state index contributed by atoms with van der Waals surface area (Å²) in [6.45, 7) is 11.0. The van der Waals surface area contributed by atoms with Gasteiger partial charge < -0.3 is 20.3 Å². The number of nitrogens with zero attached hydrogens (tertiary/aromatic N) is 3. The first-order valence-electron chi connectivity index (χ1n) is 9.90. The van der Waals surface area contributed by atoms with Crippen molar-refractivity contribution in [3.63, 3.8) is 0 Å². The Labute approximate surface area is 181 Å². The summed E-state index contributed by atoms with van der Waals surface area (Å²) in [6, 6.07) is 4.24. The Bertz CT molecular complexity index is 561. The minimum atomic E-state index is 0. The summed E-state index contributed by atoms with van der Waals surface area (Å²) in [5.74, 6) is 2.43. The van der Waals surface area contributed by atoms with E-state index in [-0.39, 0.29) is 30.1 Å². The van der Waals surface area contributed by atoms with E-state index in [9.17, 15) is 0 Å². The molecule has 0 saturated carbocycles. The number of halogens is 1. The zero-order valence-corrected chi connectivity index (χ0v) is 19.5. The van der Waals surface area contributed by atoms with Crippen LogP contribution in [-0.4, -0.2) is 50.3 Å². The van der Waals surface area contributed by atoms with Gasteiger partial charge in [0.1, 0.15) is 5.82 Å². The van der Waals surface area contributed by atoms with Crippen LogP contribution < -0.4 is 15.5 Å². The molecule has 0 aromatic carbocycles. The first kappa shape index (κ1) is 23.9. The highest BCUT2D eigenvalue weighted by Crippen LogP contribution is 2.18. The van der Waals surface area contributed by atoms with Gasteiger partial charge in [-0.15, -0.1) is 24.0 Å². The fraction of sp³-hybridized carbons (Fsp3) is 0.700. The van der Waals surface area contributed by atoms with E-state index in [0.29, 0.717) is 5.92 Å². The fourth-order valence-electron chi connectivity index (χ4n) is 3.25. The van der Waals surface area contributed by atoms with Crippen LogP contribution in [0.5, 0.6) is 0 Å². The third-order valence-electron chi connectivity index (χ3n) is 4.77. The molecule has 2 heterocycles. The second kappa shape index (κ2) is 13.1. The van der Waals surface area contributed by atoms with Crippen molar-refractivity contribution in [2.45, 2.75) is 52.7 Å². The molecule has 2 rings (SSSR count). The van der Waals surface area contributed by atoms with E-state index in [4.69, 9.17) is 4.74 Å². The lowest BCUT2D eigenvalue weighted by molar-refractivity contribution is 0.0258. The maximum Gasteiger partial charge on any atom is 0.191 e. The van der Waals surface area contributed by atoms with Gasteiger partial charge in [-0.3, -0.25) is 4.99 Å². The molecular formula is C20H36IN5O. The lowest BCUT2D eigenvalue weighted by atomic mass is 10.0. The van der Waals surface area contributed by atoms with Crippen LogP contribution in [0, 0.1) is 5.92 Å². The van der Waals surface area contributed by atoms with Crippen molar-refractivity contribution < 1.29 is 4.74 Å². The van der Waals surface area contributed by atoms with E-state index in [2.05, 4.69) is 58.4 Å². The normalized spacial score (nSPS) is 15.6. The van der Waals surface area contributed by atoms with Gasteiger partial charge in [-0.05, 0) is 49.8 Å². The first-order chi connectivity index (χ1) is 12.6. The van der Waals surface area contributed by atoms with Crippen molar-refractivity contribution in [2.24, 2.45) is 10.9 Å². The number of aliphatic imine (C=N–C) groups is 1. The lowest BCUT2D eigenvalue weighted by Gasteiger charge is -2.21. The van der Waals surface area contributed by atoms with Crippen LogP contribution in [0.2, 0.25) is 0 Å². The van der Waals surface area contributed by atoms with E-state index in [0.717, 1.165) is 51.0 Å². The van der Waals surface area contributed by atoms with Gasteiger partial charge in [0.2, 0.25) is 0 Å². The summed E-state index contributed by atoms with van der Waals surface area (Å²) in [7, 11) is 1.81. The quantitative estimate of drug-likeness (QED) is 0.316. The monoisotopic (exact) mass is 489 g/mol. The second-order valence-electron chi connectivity index (χ2n) is 7.10. The van der Waals surface area contributed by atoms with Crippen LogP contribution >= 0.6 is 24.0 Å². The number of aromatic nitrogens is 1. The average Bonchev–Trinajstić information content (AvgIpc) is 3.18. The molecule has 27 heavy (non-hydrogen) atoms. The SMILES string of the molecule is CCOC(CCNC(=NC)NCc1ccnc(N2CCCC2)c1)C(C)C.I. The molecule has 1 atom stereocenters. The summed E-state index contributed by atoms with van der Waals surface area (Å²) < 4.78 is 5.80. The second-order valence-corrected chi connectivity index (χ2v) is 7.10. The van der Waals surface area contributed by atoms with Gasteiger partial charge in [0, 0.05) is 46.0 Å². The Balaban J connectivity index is 0.00000364. The van der Waals surface area contributed by atoms with Crippen LogP contribution in [0.15, 0.2) is 23.3 Å². The number of rotatable bonds is 9. The number of anilines is 1. The number of hydrogen-bond acceptors (Lipinski definition) is 4. The van der Waals surface area contributed by atoms with Crippen molar-refractivity contribution in [1.82, 2.24) is 15.6 Å². The summed E-state index contributed by atoms with van der Waals surface area (Å²) >= 11 is 0. The van der Waals surface area contributed by atoms with Gasteiger partial charge in [0.25, 0.3) is 0 Å². The van der Waals surface area contributed by atoms with Crippen molar-refractivity contribution in [1.29, 1.82) is 0 Å². The van der Waals surface area contributed by atoms with Gasteiger partial charge in [-0.2, -0.15) is 0 Å². The third-order valence-corrected chi connectivity index (χ3v) is 4.77. The molecule has 7 heteroatoms. The summed E-state index contributed by atoms with van der Waals surface area (Å²) in [5, 5.41) is 6.78. The van der Waals surface area contributed by atoms with Crippen LogP contribution in [0.25, 0.3) is 0 Å². The minimum absolute atomic E-state index is 0. The summed E-state index contributed by atoms with van der Waals surface area (Å²) in [4.78, 5) is 11.2.